The number of rotatable bonds is 8. The van der Waals surface area contributed by atoms with Gasteiger partial charge < -0.3 is 14.4 Å². The lowest BCUT2D eigenvalue weighted by Gasteiger charge is -2.24. The molecule has 1 unspecified atom stereocenters. The van der Waals surface area contributed by atoms with Crippen molar-refractivity contribution in [2.45, 2.75) is 39.5 Å². The predicted octanol–water partition coefficient (Wildman–Crippen LogP) is 0.989. The standard InChI is InChI=1S/C17H30N4O3/c1-4-21-14-16(12-18-21)13-19-6-5-7-20(9-8-19)17(22)15(2)24-11-10-23-3/h12,14-15H,4-11,13H2,1-3H3. The van der Waals surface area contributed by atoms with Crippen LogP contribution < -0.4 is 0 Å². The molecule has 1 atom stereocenters. The Labute approximate surface area is 144 Å². The fourth-order valence-corrected chi connectivity index (χ4v) is 2.91. The van der Waals surface area contributed by atoms with Crippen LogP contribution in [0.25, 0.3) is 0 Å². The molecule has 1 aliphatic heterocycles. The van der Waals surface area contributed by atoms with Crippen molar-refractivity contribution < 1.29 is 14.3 Å². The van der Waals surface area contributed by atoms with Gasteiger partial charge in [-0.05, 0) is 20.3 Å². The third-order valence-corrected chi connectivity index (χ3v) is 4.32. The van der Waals surface area contributed by atoms with Crippen molar-refractivity contribution in [2.24, 2.45) is 0 Å². The molecule has 1 fully saturated rings. The molecule has 0 radical (unpaired) electrons. The molecule has 0 saturated carbocycles. The topological polar surface area (TPSA) is 59.8 Å². The second kappa shape index (κ2) is 9.76. The van der Waals surface area contributed by atoms with E-state index in [1.165, 1.54) is 5.56 Å². The molecule has 0 N–H and O–H groups in total. The van der Waals surface area contributed by atoms with Crippen LogP contribution in [-0.4, -0.2) is 78.1 Å². The average Bonchev–Trinajstić information content (AvgIpc) is 2.91. The first-order valence-electron chi connectivity index (χ1n) is 8.77. The number of hydrogen-bond donors (Lipinski definition) is 0. The zero-order chi connectivity index (χ0) is 17.4. The highest BCUT2D eigenvalue weighted by atomic mass is 16.5. The Morgan fingerprint density at radius 2 is 2.12 bits per heavy atom. The van der Waals surface area contributed by atoms with Crippen LogP contribution in [0.1, 0.15) is 25.8 Å². The third kappa shape index (κ3) is 5.58. The van der Waals surface area contributed by atoms with E-state index in [-0.39, 0.29) is 5.91 Å². The summed E-state index contributed by atoms with van der Waals surface area (Å²) in [6.45, 7) is 10.1. The molecule has 0 bridgehead atoms. The molecule has 0 aromatic carbocycles. The van der Waals surface area contributed by atoms with Gasteiger partial charge in [0.1, 0.15) is 6.10 Å². The fraction of sp³-hybridized carbons (Fsp3) is 0.765. The summed E-state index contributed by atoms with van der Waals surface area (Å²) < 4.78 is 12.4. The Balaban J connectivity index is 1.79. The highest BCUT2D eigenvalue weighted by molar-refractivity contribution is 5.80. The lowest BCUT2D eigenvalue weighted by Crippen LogP contribution is -2.41. The second-order valence-corrected chi connectivity index (χ2v) is 6.17. The van der Waals surface area contributed by atoms with Crippen molar-refractivity contribution in [3.8, 4) is 0 Å². The molecule has 0 aliphatic carbocycles. The molecule has 1 aromatic rings. The normalized spacial score (nSPS) is 17.7. The minimum Gasteiger partial charge on any atom is -0.382 e. The van der Waals surface area contributed by atoms with Crippen LogP contribution in [0, 0.1) is 0 Å². The lowest BCUT2D eigenvalue weighted by molar-refractivity contribution is -0.143. The Hall–Kier alpha value is -1.44. The molecule has 1 saturated heterocycles. The van der Waals surface area contributed by atoms with E-state index in [9.17, 15) is 4.79 Å². The molecule has 1 amide bonds. The summed E-state index contributed by atoms with van der Waals surface area (Å²) >= 11 is 0. The number of carbonyl (C=O) groups excluding carboxylic acids is 1. The van der Waals surface area contributed by atoms with E-state index in [1.54, 1.807) is 7.11 Å². The minimum atomic E-state index is -0.408. The summed E-state index contributed by atoms with van der Waals surface area (Å²) in [5.41, 5.74) is 1.23. The van der Waals surface area contributed by atoms with Crippen LogP contribution in [0.4, 0.5) is 0 Å². The molecule has 7 heteroatoms. The summed E-state index contributed by atoms with van der Waals surface area (Å²) in [6.07, 6.45) is 4.61. The van der Waals surface area contributed by atoms with E-state index in [0.29, 0.717) is 13.2 Å². The minimum absolute atomic E-state index is 0.0757. The highest BCUT2D eigenvalue weighted by Crippen LogP contribution is 2.10. The molecule has 2 rings (SSSR count). The van der Waals surface area contributed by atoms with Gasteiger partial charge >= 0.3 is 0 Å². The smallest absolute Gasteiger partial charge is 0.251 e. The monoisotopic (exact) mass is 338 g/mol. The third-order valence-electron chi connectivity index (χ3n) is 4.32. The van der Waals surface area contributed by atoms with Gasteiger partial charge in [-0.2, -0.15) is 5.10 Å². The number of nitrogens with zero attached hydrogens (tertiary/aromatic N) is 4. The maximum absolute atomic E-state index is 12.5. The molecule has 136 valence electrons. The Morgan fingerprint density at radius 3 is 2.83 bits per heavy atom. The predicted molar refractivity (Wildman–Crippen MR) is 91.7 cm³/mol. The van der Waals surface area contributed by atoms with Gasteiger partial charge in [-0.3, -0.25) is 14.4 Å². The molecule has 24 heavy (non-hydrogen) atoms. The van der Waals surface area contributed by atoms with Crippen molar-refractivity contribution in [1.82, 2.24) is 19.6 Å². The SMILES string of the molecule is CCn1cc(CN2CCCN(C(=O)C(C)OCCOC)CC2)cn1. The fourth-order valence-electron chi connectivity index (χ4n) is 2.91. The first kappa shape index (κ1) is 18.9. The zero-order valence-corrected chi connectivity index (χ0v) is 15.1. The maximum atomic E-state index is 12.5. The van der Waals surface area contributed by atoms with Crippen LogP contribution in [0.15, 0.2) is 12.4 Å². The van der Waals surface area contributed by atoms with Gasteiger partial charge in [0.25, 0.3) is 5.91 Å². The van der Waals surface area contributed by atoms with Crippen LogP contribution in [0.3, 0.4) is 0 Å². The zero-order valence-electron chi connectivity index (χ0n) is 15.1. The number of aryl methyl sites for hydroxylation is 1. The average molecular weight is 338 g/mol. The number of hydrogen-bond acceptors (Lipinski definition) is 5. The lowest BCUT2D eigenvalue weighted by atomic mass is 10.3. The Morgan fingerprint density at radius 1 is 1.29 bits per heavy atom. The summed E-state index contributed by atoms with van der Waals surface area (Å²) in [7, 11) is 1.63. The van der Waals surface area contributed by atoms with Gasteiger partial charge in [0.05, 0.1) is 19.4 Å². The van der Waals surface area contributed by atoms with Crippen LogP contribution in [-0.2, 0) is 27.4 Å². The Bertz CT molecular complexity index is 506. The molecule has 2 heterocycles. The van der Waals surface area contributed by atoms with E-state index < -0.39 is 6.10 Å². The van der Waals surface area contributed by atoms with Gasteiger partial charge in [-0.25, -0.2) is 0 Å². The number of methoxy groups -OCH3 is 1. The molecule has 1 aromatic heterocycles. The summed E-state index contributed by atoms with van der Waals surface area (Å²) in [5, 5.41) is 4.32. The molecule has 1 aliphatic rings. The van der Waals surface area contributed by atoms with E-state index in [4.69, 9.17) is 9.47 Å². The molecular formula is C17H30N4O3. The number of carbonyl (C=O) groups is 1. The van der Waals surface area contributed by atoms with Gasteiger partial charge in [0, 0.05) is 58.1 Å². The van der Waals surface area contributed by atoms with Gasteiger partial charge in [-0.15, -0.1) is 0 Å². The van der Waals surface area contributed by atoms with Crippen molar-refractivity contribution in [3.63, 3.8) is 0 Å². The van der Waals surface area contributed by atoms with Crippen molar-refractivity contribution >= 4 is 5.91 Å². The quantitative estimate of drug-likeness (QED) is 0.662. The van der Waals surface area contributed by atoms with Crippen LogP contribution in [0.5, 0.6) is 0 Å². The van der Waals surface area contributed by atoms with Crippen LogP contribution >= 0.6 is 0 Å². The van der Waals surface area contributed by atoms with E-state index in [0.717, 1.165) is 45.7 Å². The maximum Gasteiger partial charge on any atom is 0.251 e. The molecule has 0 spiro atoms. The Kier molecular flexibility index (Phi) is 7.68. The summed E-state index contributed by atoms with van der Waals surface area (Å²) in [4.78, 5) is 16.8. The second-order valence-electron chi connectivity index (χ2n) is 6.17. The highest BCUT2D eigenvalue weighted by Gasteiger charge is 2.23. The van der Waals surface area contributed by atoms with Gasteiger partial charge in [-0.1, -0.05) is 0 Å². The van der Waals surface area contributed by atoms with Gasteiger partial charge in [0.2, 0.25) is 0 Å². The largest absolute Gasteiger partial charge is 0.382 e. The van der Waals surface area contributed by atoms with Crippen molar-refractivity contribution in [2.75, 3.05) is 46.5 Å². The first-order valence-corrected chi connectivity index (χ1v) is 8.77. The van der Waals surface area contributed by atoms with E-state index >= 15 is 0 Å². The molecular weight excluding hydrogens is 308 g/mol. The van der Waals surface area contributed by atoms with Crippen LogP contribution in [0.2, 0.25) is 0 Å². The van der Waals surface area contributed by atoms with E-state index in [2.05, 4.69) is 23.1 Å². The summed E-state index contributed by atoms with van der Waals surface area (Å²) in [5.74, 6) is 0.0757. The summed E-state index contributed by atoms with van der Waals surface area (Å²) in [6, 6.07) is 0. The molecule has 7 nitrogen and oxygen atoms in total. The van der Waals surface area contributed by atoms with Gasteiger partial charge in [0.15, 0.2) is 0 Å². The number of ether oxygens (including phenoxy) is 2. The van der Waals surface area contributed by atoms with Crippen molar-refractivity contribution in [3.05, 3.63) is 18.0 Å². The van der Waals surface area contributed by atoms with Crippen molar-refractivity contribution in [1.29, 1.82) is 0 Å². The number of aromatic nitrogens is 2. The number of amides is 1. The van der Waals surface area contributed by atoms with E-state index in [1.807, 2.05) is 22.7 Å². The first-order chi connectivity index (χ1) is 11.6.